The third-order valence-corrected chi connectivity index (χ3v) is 7.09. The highest BCUT2D eigenvalue weighted by molar-refractivity contribution is 5.87. The van der Waals surface area contributed by atoms with Gasteiger partial charge in [0.1, 0.15) is 24.0 Å². The third-order valence-electron chi connectivity index (χ3n) is 7.09. The maximum atomic E-state index is 13.7. The summed E-state index contributed by atoms with van der Waals surface area (Å²) in [7, 11) is 1.34. The molecule has 1 aromatic heterocycles. The summed E-state index contributed by atoms with van der Waals surface area (Å²) in [5.41, 5.74) is 0.845. The second-order valence-corrected chi connectivity index (χ2v) is 12.4. The SMILES string of the molecule is CCOC(=O)[C@](CCN[C@H](CC(C)C)C(=O)OC)(NC(=O)OC(C)(C)C)c1ccc(OCc2cc(C)nc3ccccc23)cc1. The first-order valence-electron chi connectivity index (χ1n) is 15.4. The predicted octanol–water partition coefficient (Wildman–Crippen LogP) is 5.97. The third kappa shape index (κ3) is 9.91. The molecule has 3 rings (SSSR count). The van der Waals surface area contributed by atoms with Crippen molar-refractivity contribution in [3.63, 3.8) is 0 Å². The van der Waals surface area contributed by atoms with Gasteiger partial charge in [0.15, 0.2) is 5.54 Å². The van der Waals surface area contributed by atoms with E-state index in [1.165, 1.54) is 7.11 Å². The Morgan fingerprint density at radius 1 is 1.00 bits per heavy atom. The quantitative estimate of drug-likeness (QED) is 0.165. The molecule has 0 fully saturated rings. The lowest BCUT2D eigenvalue weighted by Crippen LogP contribution is -2.55. The molecular formula is C35H47N3O7. The number of hydrogen-bond acceptors (Lipinski definition) is 9. The van der Waals surface area contributed by atoms with Crippen molar-refractivity contribution in [1.82, 2.24) is 15.6 Å². The number of aryl methyl sites for hydroxylation is 1. The van der Waals surface area contributed by atoms with Crippen LogP contribution in [0.4, 0.5) is 4.79 Å². The summed E-state index contributed by atoms with van der Waals surface area (Å²) in [6.07, 6.45) is -0.168. The number of pyridine rings is 1. The maximum absolute atomic E-state index is 13.7. The summed E-state index contributed by atoms with van der Waals surface area (Å²) in [6, 6.07) is 16.3. The van der Waals surface area contributed by atoms with E-state index in [4.69, 9.17) is 18.9 Å². The molecule has 1 amide bonds. The number of rotatable bonds is 14. The van der Waals surface area contributed by atoms with Gasteiger partial charge >= 0.3 is 18.0 Å². The topological polar surface area (TPSA) is 125 Å². The van der Waals surface area contributed by atoms with E-state index < -0.39 is 35.2 Å². The van der Waals surface area contributed by atoms with Gasteiger partial charge in [-0.05, 0) is 89.8 Å². The molecule has 0 spiro atoms. The molecule has 2 aromatic carbocycles. The van der Waals surface area contributed by atoms with Gasteiger partial charge in [-0.2, -0.15) is 0 Å². The summed E-state index contributed by atoms with van der Waals surface area (Å²) < 4.78 is 22.2. The first-order chi connectivity index (χ1) is 21.3. The summed E-state index contributed by atoms with van der Waals surface area (Å²) in [5, 5.41) is 7.03. The summed E-state index contributed by atoms with van der Waals surface area (Å²) in [5.74, 6) is -0.251. The average molecular weight is 622 g/mol. The number of nitrogens with one attached hydrogen (secondary N) is 2. The first-order valence-corrected chi connectivity index (χ1v) is 15.4. The van der Waals surface area contributed by atoms with Gasteiger partial charge in [0.25, 0.3) is 0 Å². The molecule has 45 heavy (non-hydrogen) atoms. The number of amides is 1. The van der Waals surface area contributed by atoms with Crippen molar-refractivity contribution in [3.8, 4) is 5.75 Å². The van der Waals surface area contributed by atoms with Crippen molar-refractivity contribution < 1.29 is 33.3 Å². The molecule has 0 saturated heterocycles. The van der Waals surface area contributed by atoms with Crippen LogP contribution in [0.25, 0.3) is 10.9 Å². The number of ether oxygens (including phenoxy) is 4. The number of methoxy groups -OCH3 is 1. The number of carbonyl (C=O) groups is 3. The first kappa shape index (κ1) is 35.3. The summed E-state index contributed by atoms with van der Waals surface area (Å²) in [4.78, 5) is 43.9. The molecule has 3 aromatic rings. The molecule has 2 atom stereocenters. The number of benzene rings is 2. The van der Waals surface area contributed by atoms with Crippen LogP contribution in [0.3, 0.4) is 0 Å². The lowest BCUT2D eigenvalue weighted by molar-refractivity contribution is -0.152. The summed E-state index contributed by atoms with van der Waals surface area (Å²) >= 11 is 0. The largest absolute Gasteiger partial charge is 0.489 e. The van der Waals surface area contributed by atoms with Crippen molar-refractivity contribution in [2.45, 2.75) is 85.1 Å². The number of fused-ring (bicyclic) bond motifs is 1. The fraction of sp³-hybridized carbons (Fsp3) is 0.486. The monoisotopic (exact) mass is 621 g/mol. The van der Waals surface area contributed by atoms with Gasteiger partial charge in [0, 0.05) is 16.6 Å². The minimum Gasteiger partial charge on any atom is -0.489 e. The van der Waals surface area contributed by atoms with Gasteiger partial charge in [-0.15, -0.1) is 0 Å². The van der Waals surface area contributed by atoms with E-state index in [1.807, 2.05) is 51.1 Å². The van der Waals surface area contributed by atoms with E-state index in [-0.39, 0.29) is 25.5 Å². The molecule has 0 aliphatic rings. The Balaban J connectivity index is 1.93. The normalized spacial score (nSPS) is 13.5. The van der Waals surface area contributed by atoms with E-state index in [1.54, 1.807) is 52.0 Å². The highest BCUT2D eigenvalue weighted by Gasteiger charge is 2.44. The predicted molar refractivity (Wildman–Crippen MR) is 173 cm³/mol. The number of hydrogen-bond donors (Lipinski definition) is 2. The molecule has 10 nitrogen and oxygen atoms in total. The number of para-hydroxylation sites is 1. The fourth-order valence-corrected chi connectivity index (χ4v) is 5.10. The number of esters is 2. The van der Waals surface area contributed by atoms with E-state index in [0.29, 0.717) is 24.3 Å². The highest BCUT2D eigenvalue weighted by atomic mass is 16.6. The van der Waals surface area contributed by atoms with Gasteiger partial charge in [-0.1, -0.05) is 44.2 Å². The van der Waals surface area contributed by atoms with E-state index in [2.05, 4.69) is 15.6 Å². The molecule has 0 saturated carbocycles. The summed E-state index contributed by atoms with van der Waals surface area (Å²) in [6.45, 7) is 13.5. The van der Waals surface area contributed by atoms with Crippen LogP contribution in [0.15, 0.2) is 54.6 Å². The van der Waals surface area contributed by atoms with Crippen LogP contribution < -0.4 is 15.4 Å². The van der Waals surface area contributed by atoms with E-state index in [0.717, 1.165) is 22.2 Å². The molecule has 1 heterocycles. The van der Waals surface area contributed by atoms with Crippen LogP contribution in [0.1, 0.15) is 71.2 Å². The number of nitrogens with zero attached hydrogens (tertiary/aromatic N) is 1. The molecule has 0 aliphatic carbocycles. The molecule has 0 bridgehead atoms. The lowest BCUT2D eigenvalue weighted by Gasteiger charge is -2.34. The van der Waals surface area contributed by atoms with Crippen LogP contribution in [0.2, 0.25) is 0 Å². The number of alkyl carbamates (subject to hydrolysis) is 1. The van der Waals surface area contributed by atoms with E-state index >= 15 is 0 Å². The Morgan fingerprint density at radius 3 is 2.31 bits per heavy atom. The smallest absolute Gasteiger partial charge is 0.408 e. The number of carbonyl (C=O) groups excluding carboxylic acids is 3. The average Bonchev–Trinajstić information content (AvgIpc) is 2.97. The minimum absolute atomic E-state index is 0.0686. The van der Waals surface area contributed by atoms with Crippen LogP contribution in [0.5, 0.6) is 5.75 Å². The Morgan fingerprint density at radius 2 is 1.69 bits per heavy atom. The molecule has 10 heteroatoms. The van der Waals surface area contributed by atoms with Gasteiger partial charge in [-0.3, -0.25) is 9.78 Å². The molecule has 2 N–H and O–H groups in total. The van der Waals surface area contributed by atoms with Crippen molar-refractivity contribution in [3.05, 3.63) is 71.4 Å². The molecular weight excluding hydrogens is 574 g/mol. The highest BCUT2D eigenvalue weighted by Crippen LogP contribution is 2.30. The zero-order chi connectivity index (χ0) is 33.2. The molecule has 0 unspecified atom stereocenters. The van der Waals surface area contributed by atoms with Gasteiger partial charge < -0.3 is 29.6 Å². The Kier molecular flexibility index (Phi) is 12.3. The van der Waals surface area contributed by atoms with Gasteiger partial charge in [-0.25, -0.2) is 9.59 Å². The molecule has 0 radical (unpaired) electrons. The molecule has 244 valence electrons. The van der Waals surface area contributed by atoms with Gasteiger partial charge in [0.2, 0.25) is 0 Å². The Bertz CT molecular complexity index is 1450. The lowest BCUT2D eigenvalue weighted by atomic mass is 9.86. The van der Waals surface area contributed by atoms with Crippen LogP contribution in [-0.4, -0.2) is 54.9 Å². The van der Waals surface area contributed by atoms with Crippen LogP contribution in [-0.2, 0) is 35.9 Å². The fourth-order valence-electron chi connectivity index (χ4n) is 5.10. The van der Waals surface area contributed by atoms with E-state index in [9.17, 15) is 14.4 Å². The minimum atomic E-state index is -1.62. The van der Waals surface area contributed by atoms with Crippen molar-refractivity contribution in [2.75, 3.05) is 20.3 Å². The second kappa shape index (κ2) is 15.7. The van der Waals surface area contributed by atoms with Gasteiger partial charge in [0.05, 0.1) is 19.2 Å². The maximum Gasteiger partial charge on any atom is 0.408 e. The Hall–Kier alpha value is -4.18. The van der Waals surface area contributed by atoms with Crippen molar-refractivity contribution >= 4 is 28.9 Å². The van der Waals surface area contributed by atoms with Crippen molar-refractivity contribution in [1.29, 1.82) is 0 Å². The van der Waals surface area contributed by atoms with Crippen LogP contribution >= 0.6 is 0 Å². The zero-order valence-corrected chi connectivity index (χ0v) is 27.7. The zero-order valence-electron chi connectivity index (χ0n) is 27.7. The molecule has 0 aliphatic heterocycles. The Labute approximate surface area is 266 Å². The second-order valence-electron chi connectivity index (χ2n) is 12.4. The standard InChI is InChI=1S/C35H47N3O7/c1-9-43-32(40)35(38-33(41)45-34(5,6)7,18-19-36-30(20-23(2)3)31(39)42-8)26-14-16-27(17-15-26)44-22-25-21-24(4)37-29-13-11-10-12-28(25)29/h10-17,21,23,30,36H,9,18-20,22H2,1-8H3,(H,38,41)/t30-,35-/m1/s1. The van der Waals surface area contributed by atoms with Crippen LogP contribution in [0, 0.1) is 12.8 Å². The van der Waals surface area contributed by atoms with Crippen molar-refractivity contribution in [2.24, 2.45) is 5.92 Å². The number of aromatic nitrogens is 1.